The van der Waals surface area contributed by atoms with Crippen LogP contribution < -0.4 is 5.32 Å². The second-order valence-corrected chi connectivity index (χ2v) is 5.82. The molecule has 2 heterocycles. The zero-order chi connectivity index (χ0) is 14.5. The van der Waals surface area contributed by atoms with Crippen LogP contribution in [0.25, 0.3) is 10.8 Å². The Balaban J connectivity index is 1.89. The molecular formula is C18H24N2O. The molecule has 112 valence electrons. The third-order valence-corrected chi connectivity index (χ3v) is 4.26. The summed E-state index contributed by atoms with van der Waals surface area (Å²) in [6, 6.07) is 8.96. The molecule has 3 rings (SSSR count). The van der Waals surface area contributed by atoms with E-state index in [1.165, 1.54) is 29.2 Å². The molecule has 0 amide bonds. The van der Waals surface area contributed by atoms with Crippen molar-refractivity contribution in [2.75, 3.05) is 13.2 Å². The van der Waals surface area contributed by atoms with E-state index >= 15 is 0 Å². The van der Waals surface area contributed by atoms with Gasteiger partial charge in [0.1, 0.15) is 0 Å². The molecule has 2 aromatic rings. The number of hydrogen-bond donors (Lipinski definition) is 1. The van der Waals surface area contributed by atoms with Gasteiger partial charge in [0, 0.05) is 30.4 Å². The molecule has 0 radical (unpaired) electrons. The van der Waals surface area contributed by atoms with Crippen LogP contribution in [0.2, 0.25) is 0 Å². The number of hydrogen-bond acceptors (Lipinski definition) is 3. The van der Waals surface area contributed by atoms with E-state index in [1.54, 1.807) is 0 Å². The van der Waals surface area contributed by atoms with E-state index < -0.39 is 0 Å². The highest BCUT2D eigenvalue weighted by molar-refractivity contribution is 5.85. The van der Waals surface area contributed by atoms with Crippen molar-refractivity contribution in [3.63, 3.8) is 0 Å². The molecule has 1 fully saturated rings. The van der Waals surface area contributed by atoms with Gasteiger partial charge in [-0.3, -0.25) is 4.98 Å². The van der Waals surface area contributed by atoms with Crippen molar-refractivity contribution >= 4 is 10.8 Å². The van der Waals surface area contributed by atoms with Crippen LogP contribution in [0, 0.1) is 0 Å². The van der Waals surface area contributed by atoms with Crippen molar-refractivity contribution in [1.29, 1.82) is 0 Å². The first-order valence-corrected chi connectivity index (χ1v) is 8.06. The SMILES string of the molecule is CCCNC(CC1CCCO1)c1cccc2ccncc12. The van der Waals surface area contributed by atoms with Gasteiger partial charge in [0.2, 0.25) is 0 Å². The first-order chi connectivity index (χ1) is 10.4. The molecule has 1 N–H and O–H groups in total. The predicted molar refractivity (Wildman–Crippen MR) is 86.4 cm³/mol. The fraction of sp³-hybridized carbons (Fsp3) is 0.500. The third kappa shape index (κ3) is 3.42. The highest BCUT2D eigenvalue weighted by Crippen LogP contribution is 2.29. The Kier molecular flexibility index (Phi) is 4.84. The van der Waals surface area contributed by atoms with Gasteiger partial charge in [-0.15, -0.1) is 0 Å². The lowest BCUT2D eigenvalue weighted by molar-refractivity contribution is 0.0947. The summed E-state index contributed by atoms with van der Waals surface area (Å²) in [4.78, 5) is 4.31. The van der Waals surface area contributed by atoms with Crippen molar-refractivity contribution in [2.24, 2.45) is 0 Å². The van der Waals surface area contributed by atoms with Crippen LogP contribution in [0.1, 0.15) is 44.2 Å². The standard InChI is InChI=1S/C18H24N2O/c1-2-9-20-18(12-15-6-4-11-21-15)16-7-3-5-14-8-10-19-13-17(14)16/h3,5,7-8,10,13,15,18,20H,2,4,6,9,11-12H2,1H3. The van der Waals surface area contributed by atoms with Crippen molar-refractivity contribution in [2.45, 2.75) is 44.8 Å². The van der Waals surface area contributed by atoms with E-state index in [2.05, 4.69) is 41.5 Å². The number of pyridine rings is 1. The molecule has 0 spiro atoms. The Bertz CT molecular complexity index is 573. The minimum absolute atomic E-state index is 0.348. The second kappa shape index (κ2) is 7.01. The summed E-state index contributed by atoms with van der Waals surface area (Å²) in [6.07, 6.45) is 8.82. The van der Waals surface area contributed by atoms with Crippen LogP contribution in [0.4, 0.5) is 0 Å². The third-order valence-electron chi connectivity index (χ3n) is 4.26. The van der Waals surface area contributed by atoms with Gasteiger partial charge in [0.15, 0.2) is 0 Å². The lowest BCUT2D eigenvalue weighted by Gasteiger charge is -2.23. The molecular weight excluding hydrogens is 260 g/mol. The molecule has 3 heteroatoms. The number of nitrogens with zero attached hydrogens (tertiary/aromatic N) is 1. The molecule has 1 aromatic carbocycles. The predicted octanol–water partition coefficient (Wildman–Crippen LogP) is 3.84. The monoisotopic (exact) mass is 284 g/mol. The maximum Gasteiger partial charge on any atom is 0.0594 e. The highest BCUT2D eigenvalue weighted by Gasteiger charge is 2.22. The van der Waals surface area contributed by atoms with Gasteiger partial charge in [0.05, 0.1) is 6.10 Å². The number of fused-ring (bicyclic) bond motifs is 1. The maximum absolute atomic E-state index is 5.84. The Morgan fingerprint density at radius 1 is 1.38 bits per heavy atom. The largest absolute Gasteiger partial charge is 0.378 e. The average Bonchev–Trinajstić information content (AvgIpc) is 3.04. The van der Waals surface area contributed by atoms with Crippen LogP contribution in [-0.4, -0.2) is 24.2 Å². The Morgan fingerprint density at radius 3 is 3.14 bits per heavy atom. The number of benzene rings is 1. The Hall–Kier alpha value is -1.45. The lowest BCUT2D eigenvalue weighted by atomic mass is 9.95. The van der Waals surface area contributed by atoms with Crippen LogP contribution in [-0.2, 0) is 4.74 Å². The van der Waals surface area contributed by atoms with Crippen molar-refractivity contribution in [3.8, 4) is 0 Å². The van der Waals surface area contributed by atoms with E-state index in [-0.39, 0.29) is 0 Å². The molecule has 0 aliphatic carbocycles. The summed E-state index contributed by atoms with van der Waals surface area (Å²) in [5, 5.41) is 6.22. The lowest BCUT2D eigenvalue weighted by Crippen LogP contribution is -2.26. The molecule has 0 bridgehead atoms. The van der Waals surface area contributed by atoms with Crippen LogP contribution >= 0.6 is 0 Å². The first-order valence-electron chi connectivity index (χ1n) is 8.06. The van der Waals surface area contributed by atoms with Crippen molar-refractivity contribution in [1.82, 2.24) is 10.3 Å². The average molecular weight is 284 g/mol. The number of aromatic nitrogens is 1. The van der Waals surface area contributed by atoms with Gasteiger partial charge in [-0.05, 0) is 49.2 Å². The summed E-state index contributed by atoms with van der Waals surface area (Å²) in [5.74, 6) is 0. The van der Waals surface area contributed by atoms with Crippen LogP contribution in [0.3, 0.4) is 0 Å². The first kappa shape index (κ1) is 14.5. The Labute approximate surface area is 126 Å². The summed E-state index contributed by atoms with van der Waals surface area (Å²) < 4.78 is 5.84. The molecule has 21 heavy (non-hydrogen) atoms. The van der Waals surface area contributed by atoms with E-state index in [0.29, 0.717) is 12.1 Å². The molecule has 0 saturated carbocycles. The van der Waals surface area contributed by atoms with E-state index in [4.69, 9.17) is 4.74 Å². The fourth-order valence-electron chi connectivity index (χ4n) is 3.17. The van der Waals surface area contributed by atoms with Gasteiger partial charge < -0.3 is 10.1 Å². The van der Waals surface area contributed by atoms with Crippen molar-refractivity contribution in [3.05, 3.63) is 42.2 Å². The molecule has 1 aliphatic heterocycles. The zero-order valence-electron chi connectivity index (χ0n) is 12.7. The topological polar surface area (TPSA) is 34.1 Å². The maximum atomic E-state index is 5.84. The van der Waals surface area contributed by atoms with Crippen molar-refractivity contribution < 1.29 is 4.74 Å². The molecule has 2 atom stereocenters. The summed E-state index contributed by atoms with van der Waals surface area (Å²) in [5.41, 5.74) is 1.35. The number of rotatable bonds is 6. The molecule has 1 saturated heterocycles. The summed E-state index contributed by atoms with van der Waals surface area (Å²) in [6.45, 7) is 4.16. The van der Waals surface area contributed by atoms with Gasteiger partial charge in [-0.1, -0.05) is 25.1 Å². The number of nitrogens with one attached hydrogen (secondary N) is 1. The van der Waals surface area contributed by atoms with Gasteiger partial charge in [-0.25, -0.2) is 0 Å². The quantitative estimate of drug-likeness (QED) is 0.875. The molecule has 1 aliphatic rings. The highest BCUT2D eigenvalue weighted by atomic mass is 16.5. The number of ether oxygens (including phenoxy) is 1. The van der Waals surface area contributed by atoms with E-state index in [0.717, 1.165) is 26.0 Å². The molecule has 2 unspecified atom stereocenters. The minimum Gasteiger partial charge on any atom is -0.378 e. The molecule has 3 nitrogen and oxygen atoms in total. The van der Waals surface area contributed by atoms with Gasteiger partial charge >= 0.3 is 0 Å². The molecule has 1 aromatic heterocycles. The summed E-state index contributed by atoms with van der Waals surface area (Å²) in [7, 11) is 0. The van der Waals surface area contributed by atoms with E-state index in [9.17, 15) is 0 Å². The Morgan fingerprint density at radius 2 is 2.33 bits per heavy atom. The minimum atomic E-state index is 0.348. The van der Waals surface area contributed by atoms with Crippen LogP contribution in [0.15, 0.2) is 36.7 Å². The normalized spacial score (nSPS) is 20.0. The smallest absolute Gasteiger partial charge is 0.0594 e. The van der Waals surface area contributed by atoms with Gasteiger partial charge in [0.25, 0.3) is 0 Å². The zero-order valence-corrected chi connectivity index (χ0v) is 12.7. The van der Waals surface area contributed by atoms with Crippen LogP contribution in [0.5, 0.6) is 0 Å². The second-order valence-electron chi connectivity index (χ2n) is 5.82. The van der Waals surface area contributed by atoms with E-state index in [1.807, 2.05) is 12.4 Å². The fourth-order valence-corrected chi connectivity index (χ4v) is 3.17. The van der Waals surface area contributed by atoms with Gasteiger partial charge in [-0.2, -0.15) is 0 Å². The summed E-state index contributed by atoms with van der Waals surface area (Å²) >= 11 is 0.